The summed E-state index contributed by atoms with van der Waals surface area (Å²) in [4.78, 5) is 28.0. The lowest BCUT2D eigenvalue weighted by atomic mass is 10.1. The second kappa shape index (κ2) is 7.50. The van der Waals surface area contributed by atoms with Crippen molar-refractivity contribution in [1.29, 1.82) is 0 Å². The molecule has 0 radical (unpaired) electrons. The minimum atomic E-state index is -0.825. The first-order valence-electron chi connectivity index (χ1n) is 7.22. The molecule has 1 atom stereocenters. The van der Waals surface area contributed by atoms with Gasteiger partial charge in [0.25, 0.3) is 0 Å². The minimum Gasteiger partial charge on any atom is -0.351 e. The zero-order chi connectivity index (χ0) is 16.8. The van der Waals surface area contributed by atoms with Crippen LogP contribution in [0.5, 0.6) is 0 Å². The average Bonchev–Trinajstić information content (AvgIpc) is 3.06. The number of primary amides is 1. The van der Waals surface area contributed by atoms with Gasteiger partial charge in [-0.2, -0.15) is 5.10 Å². The largest absolute Gasteiger partial charge is 0.351 e. The number of benzene rings is 1. The molecule has 8 nitrogen and oxygen atoms in total. The summed E-state index contributed by atoms with van der Waals surface area (Å²) in [6.45, 7) is 2.57. The molecule has 0 saturated carbocycles. The quantitative estimate of drug-likeness (QED) is 0.821. The molecule has 1 aromatic heterocycles. The number of aromatic nitrogens is 3. The van der Waals surface area contributed by atoms with E-state index in [4.69, 9.17) is 5.73 Å². The first-order valence-corrected chi connectivity index (χ1v) is 7.22. The number of hydrogen-bond acceptors (Lipinski definition) is 5. The van der Waals surface area contributed by atoms with Crippen LogP contribution < -0.4 is 11.1 Å². The Morgan fingerprint density at radius 3 is 2.61 bits per heavy atom. The minimum absolute atomic E-state index is 0.126. The summed E-state index contributed by atoms with van der Waals surface area (Å²) in [5.41, 5.74) is 6.96. The van der Waals surface area contributed by atoms with Crippen molar-refractivity contribution in [1.82, 2.24) is 25.0 Å². The van der Waals surface area contributed by atoms with Crippen LogP contribution in [0.2, 0.25) is 0 Å². The van der Waals surface area contributed by atoms with Gasteiger partial charge in [-0.15, -0.1) is 0 Å². The van der Waals surface area contributed by atoms with Gasteiger partial charge >= 0.3 is 6.03 Å². The summed E-state index contributed by atoms with van der Waals surface area (Å²) in [7, 11) is 1.92. The maximum Gasteiger partial charge on any atom is 0.318 e. The van der Waals surface area contributed by atoms with Crippen LogP contribution in [-0.4, -0.2) is 45.2 Å². The third kappa shape index (κ3) is 4.62. The van der Waals surface area contributed by atoms with Crippen LogP contribution >= 0.6 is 0 Å². The summed E-state index contributed by atoms with van der Waals surface area (Å²) < 4.78 is 1.69. The Hall–Kier alpha value is -2.74. The van der Waals surface area contributed by atoms with E-state index in [2.05, 4.69) is 22.3 Å². The fourth-order valence-electron chi connectivity index (χ4n) is 2.17. The number of urea groups is 1. The maximum absolute atomic E-state index is 11.4. The van der Waals surface area contributed by atoms with Gasteiger partial charge < -0.3 is 5.73 Å². The molecule has 0 bridgehead atoms. The Balaban J connectivity index is 1.92. The van der Waals surface area contributed by atoms with Crippen LogP contribution in [0.15, 0.2) is 36.9 Å². The van der Waals surface area contributed by atoms with E-state index in [9.17, 15) is 9.59 Å². The zero-order valence-electron chi connectivity index (χ0n) is 13.1. The van der Waals surface area contributed by atoms with Gasteiger partial charge in [-0.05, 0) is 31.7 Å². The Bertz CT molecular complexity index is 653. The molecular weight excluding hydrogens is 296 g/mol. The van der Waals surface area contributed by atoms with Gasteiger partial charge in [0.05, 0.1) is 5.69 Å². The molecule has 0 aliphatic heterocycles. The number of carbonyl (C=O) groups excluding carboxylic acids is 2. The lowest BCUT2D eigenvalue weighted by Gasteiger charge is -2.24. The predicted molar refractivity (Wildman–Crippen MR) is 84.7 cm³/mol. The molecule has 0 fully saturated rings. The number of nitrogens with one attached hydrogen (secondary N) is 1. The number of nitrogens with two attached hydrogens (primary N) is 1. The van der Waals surface area contributed by atoms with E-state index in [-0.39, 0.29) is 18.4 Å². The van der Waals surface area contributed by atoms with Crippen LogP contribution in [0.1, 0.15) is 24.9 Å². The number of hydrogen-bond donors (Lipinski definition) is 2. The van der Waals surface area contributed by atoms with Crippen molar-refractivity contribution in [3.8, 4) is 5.69 Å². The molecule has 122 valence electrons. The number of amides is 3. The fraction of sp³-hybridized carbons (Fsp3) is 0.333. The van der Waals surface area contributed by atoms with E-state index in [0.29, 0.717) is 6.54 Å². The van der Waals surface area contributed by atoms with Crippen molar-refractivity contribution in [2.24, 2.45) is 5.73 Å². The topological polar surface area (TPSA) is 106 Å². The Labute approximate surface area is 134 Å². The molecule has 8 heteroatoms. The van der Waals surface area contributed by atoms with Crippen LogP contribution in [0.4, 0.5) is 4.79 Å². The van der Waals surface area contributed by atoms with E-state index < -0.39 is 6.03 Å². The monoisotopic (exact) mass is 316 g/mol. The Kier molecular flexibility index (Phi) is 5.42. The summed E-state index contributed by atoms with van der Waals surface area (Å²) >= 11 is 0. The molecular formula is C15H20N6O2. The van der Waals surface area contributed by atoms with Gasteiger partial charge in [-0.3, -0.25) is 15.0 Å². The smallest absolute Gasteiger partial charge is 0.318 e. The highest BCUT2D eigenvalue weighted by Crippen LogP contribution is 2.20. The van der Waals surface area contributed by atoms with Gasteiger partial charge in [-0.25, -0.2) is 14.5 Å². The highest BCUT2D eigenvalue weighted by atomic mass is 16.2. The Morgan fingerprint density at radius 2 is 2.04 bits per heavy atom. The van der Waals surface area contributed by atoms with Crippen LogP contribution in [0.25, 0.3) is 5.69 Å². The van der Waals surface area contributed by atoms with Crippen molar-refractivity contribution in [2.75, 3.05) is 13.6 Å². The third-order valence-electron chi connectivity index (χ3n) is 3.67. The standard InChI is InChI=1S/C15H20N6O2/c1-11(20(2)8-7-14(22)19-15(16)23)12-3-5-13(6-4-12)21-10-17-9-18-21/h3-6,9-11H,7-8H2,1-2H3,(H3,16,19,22,23). The lowest BCUT2D eigenvalue weighted by Crippen LogP contribution is -2.37. The fourth-order valence-corrected chi connectivity index (χ4v) is 2.17. The molecule has 3 amide bonds. The summed E-state index contributed by atoms with van der Waals surface area (Å²) in [6, 6.07) is 7.27. The van der Waals surface area contributed by atoms with Gasteiger partial charge in [-0.1, -0.05) is 12.1 Å². The summed E-state index contributed by atoms with van der Waals surface area (Å²) in [6.07, 6.45) is 3.34. The third-order valence-corrected chi connectivity index (χ3v) is 3.67. The van der Waals surface area contributed by atoms with Crippen molar-refractivity contribution >= 4 is 11.9 Å². The van der Waals surface area contributed by atoms with E-state index in [1.807, 2.05) is 36.2 Å². The molecule has 0 spiro atoms. The van der Waals surface area contributed by atoms with Crippen molar-refractivity contribution in [3.63, 3.8) is 0 Å². The van der Waals surface area contributed by atoms with Crippen LogP contribution in [0.3, 0.4) is 0 Å². The molecule has 0 aliphatic rings. The number of carbonyl (C=O) groups is 2. The Morgan fingerprint density at radius 1 is 1.35 bits per heavy atom. The normalized spacial score (nSPS) is 12.1. The molecule has 0 aliphatic carbocycles. The van der Waals surface area contributed by atoms with Crippen molar-refractivity contribution in [2.45, 2.75) is 19.4 Å². The SMILES string of the molecule is CC(c1ccc(-n2cncn2)cc1)N(C)CCC(=O)NC(N)=O. The molecule has 0 saturated heterocycles. The van der Waals surface area contributed by atoms with E-state index in [0.717, 1.165) is 11.3 Å². The van der Waals surface area contributed by atoms with Crippen LogP contribution in [0, 0.1) is 0 Å². The number of imide groups is 1. The average molecular weight is 316 g/mol. The van der Waals surface area contributed by atoms with Gasteiger partial charge in [0.1, 0.15) is 12.7 Å². The molecule has 23 heavy (non-hydrogen) atoms. The first kappa shape index (κ1) is 16.6. The molecule has 2 rings (SSSR count). The maximum atomic E-state index is 11.4. The molecule has 1 unspecified atom stereocenters. The summed E-state index contributed by atoms with van der Waals surface area (Å²) in [5.74, 6) is -0.377. The van der Waals surface area contributed by atoms with Gasteiger partial charge in [0.15, 0.2) is 0 Å². The van der Waals surface area contributed by atoms with E-state index in [1.165, 1.54) is 6.33 Å². The predicted octanol–water partition coefficient (Wildman–Crippen LogP) is 0.845. The van der Waals surface area contributed by atoms with E-state index >= 15 is 0 Å². The second-order valence-electron chi connectivity index (χ2n) is 5.25. The van der Waals surface area contributed by atoms with Crippen molar-refractivity contribution in [3.05, 3.63) is 42.5 Å². The molecule has 3 N–H and O–H groups in total. The molecule has 2 aromatic rings. The van der Waals surface area contributed by atoms with E-state index in [1.54, 1.807) is 11.0 Å². The van der Waals surface area contributed by atoms with Gasteiger partial charge in [0, 0.05) is 19.0 Å². The van der Waals surface area contributed by atoms with Crippen molar-refractivity contribution < 1.29 is 9.59 Å². The first-order chi connectivity index (χ1) is 11.0. The molecule has 1 aromatic carbocycles. The number of nitrogens with zero attached hydrogens (tertiary/aromatic N) is 4. The van der Waals surface area contributed by atoms with Crippen LogP contribution in [-0.2, 0) is 4.79 Å². The van der Waals surface area contributed by atoms with Gasteiger partial charge in [0.2, 0.25) is 5.91 Å². The zero-order valence-corrected chi connectivity index (χ0v) is 13.1. The lowest BCUT2D eigenvalue weighted by molar-refractivity contribution is -0.120. The highest BCUT2D eigenvalue weighted by molar-refractivity contribution is 5.93. The molecule has 1 heterocycles. The summed E-state index contributed by atoms with van der Waals surface area (Å²) in [5, 5.41) is 6.14. The number of rotatable bonds is 6. The second-order valence-corrected chi connectivity index (χ2v) is 5.25. The highest BCUT2D eigenvalue weighted by Gasteiger charge is 2.13.